The fourth-order valence-corrected chi connectivity index (χ4v) is 6.36. The summed E-state index contributed by atoms with van der Waals surface area (Å²) in [6, 6.07) is 18.8. The van der Waals surface area contributed by atoms with E-state index < -0.39 is 11.9 Å². The number of benzene rings is 3. The molecule has 8 heteroatoms. The second-order valence-electron chi connectivity index (χ2n) is 13.3. The third kappa shape index (κ3) is 6.74. The van der Waals surface area contributed by atoms with Crippen LogP contribution in [0.25, 0.3) is 6.08 Å². The predicted octanol–water partition coefficient (Wildman–Crippen LogP) is 7.87. The molecule has 0 radical (unpaired) electrons. The summed E-state index contributed by atoms with van der Waals surface area (Å²) in [6.45, 7) is 6.58. The highest BCUT2D eigenvalue weighted by Gasteiger charge is 2.44. The molecule has 0 saturated heterocycles. The maximum atomic E-state index is 15.2. The van der Waals surface area contributed by atoms with Crippen molar-refractivity contribution in [1.82, 2.24) is 9.80 Å². The van der Waals surface area contributed by atoms with Crippen LogP contribution in [0.5, 0.6) is 17.2 Å². The topological polar surface area (TPSA) is 54.2 Å². The third-order valence-electron chi connectivity index (χ3n) is 8.98. The smallest absolute Gasteiger partial charge is 0.414 e. The number of amides is 1. The molecule has 0 unspecified atom stereocenters. The molecule has 0 saturated carbocycles. The first kappa shape index (κ1) is 32.3. The van der Waals surface area contributed by atoms with Crippen LogP contribution in [-0.2, 0) is 12.0 Å². The Labute approximate surface area is 276 Å². The highest BCUT2D eigenvalue weighted by Crippen LogP contribution is 2.43. The van der Waals surface area contributed by atoms with Gasteiger partial charge in [0.2, 0.25) is 5.69 Å². The minimum absolute atomic E-state index is 0.120. The molecular weight excluding hydrogens is 593 g/mol. The zero-order valence-electron chi connectivity index (χ0n) is 28.1. The lowest BCUT2D eigenvalue weighted by Crippen LogP contribution is -2.30. The van der Waals surface area contributed by atoms with E-state index in [9.17, 15) is 4.79 Å². The molecule has 0 fully saturated rings. The van der Waals surface area contributed by atoms with Crippen LogP contribution in [0.2, 0.25) is 0 Å². The molecule has 1 aliphatic carbocycles. The highest BCUT2D eigenvalue weighted by molar-refractivity contribution is 6.03. The van der Waals surface area contributed by atoms with E-state index >= 15 is 4.39 Å². The van der Waals surface area contributed by atoms with Crippen molar-refractivity contribution < 1.29 is 28.0 Å². The number of likely N-dealkylation sites (N-methyl/N-ethyl adjacent to an activating group) is 1. The Bertz CT molecular complexity index is 1820. The quantitative estimate of drug-likeness (QED) is 0.224. The number of carbonyl (C=O) groups is 1. The number of hydrogen-bond acceptors (Lipinski definition) is 5. The number of rotatable bonds is 9. The average molecular weight is 637 g/mol. The molecule has 3 aromatic rings. The van der Waals surface area contributed by atoms with Gasteiger partial charge in [-0.15, -0.1) is 0 Å². The summed E-state index contributed by atoms with van der Waals surface area (Å²) in [4.78, 5) is 15.4. The summed E-state index contributed by atoms with van der Waals surface area (Å²) in [7, 11) is 7.46. The number of para-hydroxylation sites is 1. The van der Waals surface area contributed by atoms with Crippen molar-refractivity contribution in [2.75, 3.05) is 41.3 Å². The SMILES string of the molecule is CN(C)CC[N+]1=C(/C=C/C2=C3Oc4cc(OCc5ccc(OC(=O)N(C)C)cc5)c(F)cc4C=C3CCC2)C(C)(C)c2ccccc21. The van der Waals surface area contributed by atoms with Gasteiger partial charge in [-0.1, -0.05) is 30.3 Å². The Morgan fingerprint density at radius 3 is 2.53 bits per heavy atom. The Kier molecular flexibility index (Phi) is 9.06. The lowest BCUT2D eigenvalue weighted by Gasteiger charge is -2.27. The number of ether oxygens (including phenoxy) is 3. The van der Waals surface area contributed by atoms with Gasteiger partial charge in [0.25, 0.3) is 0 Å². The van der Waals surface area contributed by atoms with Crippen LogP contribution in [0.15, 0.2) is 89.7 Å². The molecule has 244 valence electrons. The minimum atomic E-state index is -0.456. The van der Waals surface area contributed by atoms with E-state index in [1.807, 2.05) is 6.08 Å². The van der Waals surface area contributed by atoms with E-state index in [1.54, 1.807) is 44.4 Å². The van der Waals surface area contributed by atoms with E-state index in [0.29, 0.717) is 17.1 Å². The Morgan fingerprint density at radius 1 is 1.02 bits per heavy atom. The van der Waals surface area contributed by atoms with Gasteiger partial charge in [0.1, 0.15) is 23.9 Å². The third-order valence-corrected chi connectivity index (χ3v) is 8.98. The van der Waals surface area contributed by atoms with Crippen LogP contribution in [0.4, 0.5) is 14.9 Å². The number of carbonyl (C=O) groups excluding carboxylic acids is 1. The number of nitrogens with zero attached hydrogens (tertiary/aromatic N) is 3. The number of hydrogen-bond donors (Lipinski definition) is 0. The summed E-state index contributed by atoms with van der Waals surface area (Å²) in [5.41, 5.74) is 7.48. The van der Waals surface area contributed by atoms with Crippen LogP contribution in [0.3, 0.4) is 0 Å². The first-order valence-electron chi connectivity index (χ1n) is 16.1. The molecule has 2 aliphatic heterocycles. The summed E-state index contributed by atoms with van der Waals surface area (Å²) in [5, 5.41) is 0. The van der Waals surface area contributed by atoms with E-state index in [-0.39, 0.29) is 17.8 Å². The minimum Gasteiger partial charge on any atom is -0.486 e. The van der Waals surface area contributed by atoms with Crippen molar-refractivity contribution in [2.24, 2.45) is 0 Å². The molecule has 3 aliphatic rings. The van der Waals surface area contributed by atoms with Crippen LogP contribution in [0, 0.1) is 5.82 Å². The normalized spacial score (nSPS) is 16.5. The molecule has 3 aromatic carbocycles. The number of allylic oxidation sites excluding steroid dienone is 4. The molecule has 0 aromatic heterocycles. The number of fused-ring (bicyclic) bond motifs is 3. The average Bonchev–Trinajstić information content (AvgIpc) is 3.26. The molecule has 2 heterocycles. The van der Waals surface area contributed by atoms with E-state index in [0.717, 1.165) is 54.8 Å². The number of halogens is 1. The van der Waals surface area contributed by atoms with E-state index in [4.69, 9.17) is 14.2 Å². The fraction of sp³-hybridized carbons (Fsp3) is 0.333. The zero-order chi connectivity index (χ0) is 33.3. The summed E-state index contributed by atoms with van der Waals surface area (Å²) >= 11 is 0. The van der Waals surface area contributed by atoms with Crippen molar-refractivity contribution in [2.45, 2.75) is 45.1 Å². The molecule has 47 heavy (non-hydrogen) atoms. The lowest BCUT2D eigenvalue weighted by atomic mass is 9.81. The van der Waals surface area contributed by atoms with Gasteiger partial charge in [-0.3, -0.25) is 0 Å². The van der Waals surface area contributed by atoms with E-state index in [1.165, 1.54) is 27.9 Å². The summed E-state index contributed by atoms with van der Waals surface area (Å²) < 4.78 is 35.3. The van der Waals surface area contributed by atoms with Gasteiger partial charge in [0.05, 0.1) is 12.0 Å². The van der Waals surface area contributed by atoms with Crippen molar-refractivity contribution >= 4 is 23.6 Å². The fourth-order valence-electron chi connectivity index (χ4n) is 6.36. The monoisotopic (exact) mass is 636 g/mol. The van der Waals surface area contributed by atoms with Crippen molar-refractivity contribution in [3.05, 3.63) is 112 Å². The highest BCUT2D eigenvalue weighted by atomic mass is 19.1. The molecule has 6 rings (SSSR count). The maximum Gasteiger partial charge on any atom is 0.414 e. The zero-order valence-corrected chi connectivity index (χ0v) is 28.1. The van der Waals surface area contributed by atoms with Crippen LogP contribution in [-0.4, -0.2) is 67.5 Å². The standard InChI is InChI=1S/C39H43FN3O4/c1-39(2)31-12-7-8-13-33(31)43(21-20-41(3)4)36(39)19-16-27-10-9-11-28-22-29-23-32(40)35(24-34(29)47-37(27)28)45-25-26-14-17-30(18-15-26)46-38(44)42(5)6/h7-8,12-19,22-24H,9-11,20-21,25H2,1-6H3/q+1/b19-16+. The van der Waals surface area contributed by atoms with Crippen molar-refractivity contribution in [1.29, 1.82) is 0 Å². The molecule has 1 amide bonds. The van der Waals surface area contributed by atoms with Gasteiger partial charge in [0.15, 0.2) is 23.8 Å². The Balaban J connectivity index is 1.24. The van der Waals surface area contributed by atoms with Gasteiger partial charge in [-0.25, -0.2) is 9.18 Å². The maximum absolute atomic E-state index is 15.2. The second-order valence-corrected chi connectivity index (χ2v) is 13.3. The Hall–Kier alpha value is -4.69. The summed E-state index contributed by atoms with van der Waals surface area (Å²) in [5.74, 6) is 1.53. The van der Waals surface area contributed by atoms with Gasteiger partial charge >= 0.3 is 6.09 Å². The van der Waals surface area contributed by atoms with Gasteiger partial charge in [-0.2, -0.15) is 4.58 Å². The van der Waals surface area contributed by atoms with Gasteiger partial charge in [0, 0.05) is 43.4 Å². The first-order chi connectivity index (χ1) is 22.5. The largest absolute Gasteiger partial charge is 0.486 e. The van der Waals surface area contributed by atoms with Gasteiger partial charge in [-0.05, 0) is 94.3 Å². The second kappa shape index (κ2) is 13.2. The first-order valence-corrected chi connectivity index (χ1v) is 16.1. The van der Waals surface area contributed by atoms with E-state index in [2.05, 4.69) is 73.8 Å². The van der Waals surface area contributed by atoms with Crippen LogP contribution >= 0.6 is 0 Å². The molecule has 0 bridgehead atoms. The molecule has 0 spiro atoms. The van der Waals surface area contributed by atoms with Crippen LogP contribution in [0.1, 0.15) is 49.8 Å². The molecule has 7 nitrogen and oxygen atoms in total. The van der Waals surface area contributed by atoms with Gasteiger partial charge < -0.3 is 24.0 Å². The Morgan fingerprint density at radius 2 is 1.79 bits per heavy atom. The van der Waals surface area contributed by atoms with Crippen LogP contribution < -0.4 is 14.2 Å². The molecular formula is C39H43FN3O4+. The van der Waals surface area contributed by atoms with Crippen molar-refractivity contribution in [3.8, 4) is 17.2 Å². The molecule has 0 N–H and O–H groups in total. The predicted molar refractivity (Wildman–Crippen MR) is 183 cm³/mol. The molecule has 0 atom stereocenters. The lowest BCUT2D eigenvalue weighted by molar-refractivity contribution is -0.437. The summed E-state index contributed by atoms with van der Waals surface area (Å²) in [6.07, 6.45) is 8.88. The van der Waals surface area contributed by atoms with Crippen molar-refractivity contribution in [3.63, 3.8) is 0 Å².